The number of nitrogens with two attached hydrogens (primary N) is 1. The van der Waals surface area contributed by atoms with Crippen molar-refractivity contribution in [2.24, 2.45) is 5.73 Å². The molecule has 5 nitrogen and oxygen atoms in total. The predicted molar refractivity (Wildman–Crippen MR) is 51.8 cm³/mol. The fourth-order valence-corrected chi connectivity index (χ4v) is 1.06. The number of hydrogen-bond acceptors (Lipinski definition) is 4. The van der Waals surface area contributed by atoms with Crippen LogP contribution < -0.4 is 5.73 Å². The van der Waals surface area contributed by atoms with Crippen LogP contribution in [0.25, 0.3) is 0 Å². The third-order valence-corrected chi connectivity index (χ3v) is 2.06. The Kier molecular flexibility index (Phi) is 6.44. The van der Waals surface area contributed by atoms with Crippen molar-refractivity contribution in [3.8, 4) is 0 Å². The zero-order valence-electron chi connectivity index (χ0n) is 8.39. The monoisotopic (exact) mass is 205 g/mol. The molecule has 0 aromatic rings. The second-order valence-electron chi connectivity index (χ2n) is 3.59. The fraction of sp³-hybridized carbons (Fsp3) is 0.889. The molecule has 5 heteroatoms. The van der Waals surface area contributed by atoms with Crippen LogP contribution in [0.5, 0.6) is 0 Å². The van der Waals surface area contributed by atoms with E-state index < -0.39 is 12.0 Å². The Bertz CT molecular complexity index is 154. The number of hydrogen-bond donors (Lipinski definition) is 4. The van der Waals surface area contributed by atoms with Crippen LogP contribution in [-0.4, -0.2) is 39.5 Å². The second kappa shape index (κ2) is 6.75. The summed E-state index contributed by atoms with van der Waals surface area (Å²) < 4.78 is 0. The SMILES string of the molecule is CC(N)C(=O)O.OC1CCC(O)CC1. The van der Waals surface area contributed by atoms with Crippen LogP contribution in [0.2, 0.25) is 0 Å². The molecule has 0 radical (unpaired) electrons. The Morgan fingerprint density at radius 3 is 1.57 bits per heavy atom. The number of aliphatic hydroxyl groups excluding tert-OH is 2. The van der Waals surface area contributed by atoms with Gasteiger partial charge in [0.05, 0.1) is 12.2 Å². The highest BCUT2D eigenvalue weighted by molar-refractivity contribution is 5.72. The minimum atomic E-state index is -0.963. The van der Waals surface area contributed by atoms with Gasteiger partial charge < -0.3 is 21.1 Å². The van der Waals surface area contributed by atoms with Gasteiger partial charge in [-0.25, -0.2) is 0 Å². The van der Waals surface area contributed by atoms with Crippen LogP contribution in [0.4, 0.5) is 0 Å². The van der Waals surface area contributed by atoms with E-state index in [9.17, 15) is 4.79 Å². The van der Waals surface area contributed by atoms with E-state index in [4.69, 9.17) is 21.1 Å². The number of carboxylic acids is 1. The normalized spacial score (nSPS) is 28.6. The lowest BCUT2D eigenvalue weighted by Crippen LogP contribution is -2.25. The van der Waals surface area contributed by atoms with E-state index in [2.05, 4.69) is 0 Å². The van der Waals surface area contributed by atoms with E-state index in [1.54, 1.807) is 0 Å². The Balaban J connectivity index is 0.000000255. The van der Waals surface area contributed by atoms with Gasteiger partial charge in [-0.2, -0.15) is 0 Å². The highest BCUT2D eigenvalue weighted by Gasteiger charge is 2.15. The molecule has 1 aliphatic rings. The molecule has 0 saturated heterocycles. The van der Waals surface area contributed by atoms with E-state index in [-0.39, 0.29) is 12.2 Å². The molecule has 1 atom stereocenters. The summed E-state index contributed by atoms with van der Waals surface area (Å²) in [6.45, 7) is 1.42. The first-order valence-corrected chi connectivity index (χ1v) is 4.78. The van der Waals surface area contributed by atoms with Gasteiger partial charge in [0.1, 0.15) is 6.04 Å². The quantitative estimate of drug-likeness (QED) is 0.470. The van der Waals surface area contributed by atoms with Crippen molar-refractivity contribution in [3.05, 3.63) is 0 Å². The van der Waals surface area contributed by atoms with Gasteiger partial charge in [0.15, 0.2) is 0 Å². The van der Waals surface area contributed by atoms with E-state index in [1.165, 1.54) is 6.92 Å². The molecule has 84 valence electrons. The molecule has 0 aliphatic heterocycles. The van der Waals surface area contributed by atoms with E-state index in [1.807, 2.05) is 0 Å². The minimum Gasteiger partial charge on any atom is -0.480 e. The van der Waals surface area contributed by atoms with Crippen LogP contribution >= 0.6 is 0 Å². The molecule has 1 rings (SSSR count). The smallest absolute Gasteiger partial charge is 0.320 e. The first-order chi connectivity index (χ1) is 6.43. The molecule has 0 bridgehead atoms. The van der Waals surface area contributed by atoms with Gasteiger partial charge in [-0.3, -0.25) is 4.79 Å². The molecule has 0 amide bonds. The number of aliphatic hydroxyl groups is 2. The van der Waals surface area contributed by atoms with Crippen LogP contribution in [0, 0.1) is 0 Å². The maximum absolute atomic E-state index is 9.57. The highest BCUT2D eigenvalue weighted by atomic mass is 16.4. The molecule has 0 spiro atoms. The summed E-state index contributed by atoms with van der Waals surface area (Å²) >= 11 is 0. The summed E-state index contributed by atoms with van der Waals surface area (Å²) in [5, 5.41) is 25.7. The number of carboxylic acid groups (broad SMARTS) is 1. The molecule has 1 saturated carbocycles. The average Bonchev–Trinajstić information content (AvgIpc) is 2.11. The zero-order chi connectivity index (χ0) is 11.1. The summed E-state index contributed by atoms with van der Waals surface area (Å²) in [4.78, 5) is 9.57. The van der Waals surface area contributed by atoms with Crippen LogP contribution in [0.3, 0.4) is 0 Å². The molecule has 1 unspecified atom stereocenters. The summed E-state index contributed by atoms with van der Waals surface area (Å²) in [6.07, 6.45) is 2.83. The maximum Gasteiger partial charge on any atom is 0.320 e. The van der Waals surface area contributed by atoms with Crippen molar-refractivity contribution in [3.63, 3.8) is 0 Å². The summed E-state index contributed by atoms with van der Waals surface area (Å²) in [6, 6.07) is -0.731. The standard InChI is InChI=1S/C6H12O2.C3H7NO2/c7-5-1-2-6(8)4-3-5;1-2(4)3(5)6/h5-8H,1-4H2;2H,4H2,1H3,(H,5,6). The van der Waals surface area contributed by atoms with Crippen molar-refractivity contribution in [1.29, 1.82) is 0 Å². The second-order valence-corrected chi connectivity index (χ2v) is 3.59. The lowest BCUT2D eigenvalue weighted by Gasteiger charge is -2.20. The van der Waals surface area contributed by atoms with Gasteiger partial charge in [0, 0.05) is 0 Å². The molecule has 0 aromatic heterocycles. The Hall–Kier alpha value is -0.650. The summed E-state index contributed by atoms with van der Waals surface area (Å²) in [5.41, 5.74) is 4.84. The van der Waals surface area contributed by atoms with E-state index in [0.717, 1.165) is 25.7 Å². The van der Waals surface area contributed by atoms with Crippen molar-refractivity contribution in [2.45, 2.75) is 50.9 Å². The number of aliphatic carboxylic acids is 1. The number of carbonyl (C=O) groups is 1. The van der Waals surface area contributed by atoms with Gasteiger partial charge in [0.2, 0.25) is 0 Å². The maximum atomic E-state index is 9.57. The fourth-order valence-electron chi connectivity index (χ4n) is 1.06. The van der Waals surface area contributed by atoms with Gasteiger partial charge in [0.25, 0.3) is 0 Å². The molecule has 0 aromatic carbocycles. The van der Waals surface area contributed by atoms with Crippen molar-refractivity contribution >= 4 is 5.97 Å². The molecule has 1 aliphatic carbocycles. The van der Waals surface area contributed by atoms with Gasteiger partial charge in [-0.15, -0.1) is 0 Å². The predicted octanol–water partition coefficient (Wildman–Crippen LogP) is -0.300. The van der Waals surface area contributed by atoms with E-state index in [0.29, 0.717) is 0 Å². The Labute approximate surface area is 83.5 Å². The molecular formula is C9H19NO4. The lowest BCUT2D eigenvalue weighted by atomic mass is 9.95. The van der Waals surface area contributed by atoms with Crippen LogP contribution in [0.15, 0.2) is 0 Å². The third-order valence-electron chi connectivity index (χ3n) is 2.06. The van der Waals surface area contributed by atoms with Crippen molar-refractivity contribution < 1.29 is 20.1 Å². The van der Waals surface area contributed by atoms with Gasteiger partial charge >= 0.3 is 5.97 Å². The molecular weight excluding hydrogens is 186 g/mol. The topological polar surface area (TPSA) is 104 Å². The van der Waals surface area contributed by atoms with Crippen LogP contribution in [-0.2, 0) is 4.79 Å². The van der Waals surface area contributed by atoms with Crippen molar-refractivity contribution in [2.75, 3.05) is 0 Å². The Morgan fingerprint density at radius 1 is 1.21 bits per heavy atom. The zero-order valence-corrected chi connectivity index (χ0v) is 8.39. The molecule has 14 heavy (non-hydrogen) atoms. The summed E-state index contributed by atoms with van der Waals surface area (Å²) in [7, 11) is 0. The highest BCUT2D eigenvalue weighted by Crippen LogP contribution is 2.17. The molecule has 1 fully saturated rings. The summed E-state index contributed by atoms with van der Waals surface area (Å²) in [5.74, 6) is -0.963. The van der Waals surface area contributed by atoms with Crippen LogP contribution in [0.1, 0.15) is 32.6 Å². The average molecular weight is 205 g/mol. The van der Waals surface area contributed by atoms with Crippen molar-refractivity contribution in [1.82, 2.24) is 0 Å². The first kappa shape index (κ1) is 13.4. The lowest BCUT2D eigenvalue weighted by molar-refractivity contribution is -0.138. The van der Waals surface area contributed by atoms with E-state index >= 15 is 0 Å². The largest absolute Gasteiger partial charge is 0.480 e. The van der Waals surface area contributed by atoms with Gasteiger partial charge in [-0.05, 0) is 32.6 Å². The third kappa shape index (κ3) is 6.82. The van der Waals surface area contributed by atoms with Gasteiger partial charge in [-0.1, -0.05) is 0 Å². The Morgan fingerprint density at radius 2 is 1.43 bits per heavy atom. The molecule has 0 heterocycles. The number of rotatable bonds is 1. The minimum absolute atomic E-state index is 0.140. The first-order valence-electron chi connectivity index (χ1n) is 4.78. The molecule has 5 N–H and O–H groups in total.